The van der Waals surface area contributed by atoms with Crippen LogP contribution in [0.15, 0.2) is 24.3 Å². The lowest BCUT2D eigenvalue weighted by atomic mass is 10.2. The highest BCUT2D eigenvalue weighted by Gasteiger charge is 2.23. The molecule has 0 spiro atoms. The van der Waals surface area contributed by atoms with E-state index in [1.165, 1.54) is 0 Å². The van der Waals surface area contributed by atoms with Crippen molar-refractivity contribution in [2.45, 2.75) is 31.7 Å². The average Bonchev–Trinajstić information content (AvgIpc) is 3.10. The molecule has 2 saturated heterocycles. The van der Waals surface area contributed by atoms with Gasteiger partial charge in [0.15, 0.2) is 0 Å². The largest absolute Gasteiger partial charge is 0.325 e. The van der Waals surface area contributed by atoms with Gasteiger partial charge in [-0.2, -0.15) is 0 Å². The Hall–Kier alpha value is -1.59. The van der Waals surface area contributed by atoms with Crippen molar-refractivity contribution >= 4 is 35.6 Å². The van der Waals surface area contributed by atoms with Crippen LogP contribution in [0.4, 0.5) is 11.4 Å². The van der Waals surface area contributed by atoms with Crippen molar-refractivity contribution in [3.8, 4) is 0 Å². The van der Waals surface area contributed by atoms with Crippen molar-refractivity contribution in [1.82, 2.24) is 5.32 Å². The van der Waals surface area contributed by atoms with Crippen molar-refractivity contribution in [1.29, 1.82) is 0 Å². The number of benzene rings is 1. The summed E-state index contributed by atoms with van der Waals surface area (Å²) >= 11 is 0. The van der Waals surface area contributed by atoms with Gasteiger partial charge in [-0.3, -0.25) is 9.59 Å². The molecule has 0 bridgehead atoms. The predicted molar refractivity (Wildman–Crippen MR) is 84.9 cm³/mol. The number of nitrogens with one attached hydrogen (secondary N) is 2. The first-order valence-electron chi connectivity index (χ1n) is 7.19. The molecule has 0 aromatic heterocycles. The molecule has 1 aromatic carbocycles. The third-order valence-corrected chi connectivity index (χ3v) is 3.88. The Morgan fingerprint density at radius 2 is 2.19 bits per heavy atom. The Balaban J connectivity index is 0.00000161. The molecule has 3 rings (SSSR count). The third kappa shape index (κ3) is 3.54. The lowest BCUT2D eigenvalue weighted by molar-refractivity contribution is -0.118. The molecular formula is C15H20ClN3O2. The molecule has 2 aliphatic heterocycles. The van der Waals surface area contributed by atoms with E-state index in [4.69, 9.17) is 0 Å². The van der Waals surface area contributed by atoms with Crippen LogP contribution in [-0.2, 0) is 9.59 Å². The van der Waals surface area contributed by atoms with Crippen molar-refractivity contribution < 1.29 is 9.59 Å². The van der Waals surface area contributed by atoms with E-state index < -0.39 is 0 Å². The van der Waals surface area contributed by atoms with Crippen LogP contribution in [0, 0.1) is 0 Å². The maximum absolute atomic E-state index is 12.1. The highest BCUT2D eigenvalue weighted by molar-refractivity contribution is 5.98. The van der Waals surface area contributed by atoms with Crippen molar-refractivity contribution in [3.05, 3.63) is 24.3 Å². The first-order valence-corrected chi connectivity index (χ1v) is 7.19. The second-order valence-electron chi connectivity index (χ2n) is 5.34. The minimum atomic E-state index is -0.0907. The minimum Gasteiger partial charge on any atom is -0.325 e. The van der Waals surface area contributed by atoms with E-state index in [0.29, 0.717) is 6.42 Å². The van der Waals surface area contributed by atoms with Crippen LogP contribution in [0.1, 0.15) is 25.7 Å². The van der Waals surface area contributed by atoms with Crippen LogP contribution in [0.5, 0.6) is 0 Å². The standard InChI is InChI=1S/C15H19N3O2.ClH/c19-14-7-3-9-18(14)12-5-1-4-11(10-12)17-15(20)13-6-2-8-16-13;/h1,4-5,10,13,16H,2-3,6-9H2,(H,17,20);1H/t13-;/m0./s1. The highest BCUT2D eigenvalue weighted by Crippen LogP contribution is 2.24. The summed E-state index contributed by atoms with van der Waals surface area (Å²) in [6.07, 6.45) is 3.44. The lowest BCUT2D eigenvalue weighted by Crippen LogP contribution is -2.35. The molecule has 6 heteroatoms. The molecule has 2 heterocycles. The molecule has 1 atom stereocenters. The van der Waals surface area contributed by atoms with Gasteiger partial charge in [-0.05, 0) is 44.0 Å². The van der Waals surface area contributed by atoms with E-state index >= 15 is 0 Å². The lowest BCUT2D eigenvalue weighted by Gasteiger charge is -2.17. The van der Waals surface area contributed by atoms with Crippen LogP contribution in [-0.4, -0.2) is 30.9 Å². The van der Waals surface area contributed by atoms with Crippen LogP contribution < -0.4 is 15.5 Å². The molecule has 114 valence electrons. The predicted octanol–water partition coefficient (Wildman–Crippen LogP) is 1.93. The minimum absolute atomic E-state index is 0. The summed E-state index contributed by atoms with van der Waals surface area (Å²) in [7, 11) is 0. The number of halogens is 1. The van der Waals surface area contributed by atoms with Gasteiger partial charge >= 0.3 is 0 Å². The van der Waals surface area contributed by atoms with E-state index in [2.05, 4.69) is 10.6 Å². The van der Waals surface area contributed by atoms with Gasteiger partial charge in [0.25, 0.3) is 0 Å². The number of nitrogens with zero attached hydrogens (tertiary/aromatic N) is 1. The molecule has 1 aromatic rings. The van der Waals surface area contributed by atoms with E-state index in [1.807, 2.05) is 24.3 Å². The zero-order valence-electron chi connectivity index (χ0n) is 11.8. The molecule has 2 N–H and O–H groups in total. The number of hydrogen-bond acceptors (Lipinski definition) is 3. The monoisotopic (exact) mass is 309 g/mol. The van der Waals surface area contributed by atoms with Gasteiger partial charge in [0.1, 0.15) is 0 Å². The fourth-order valence-electron chi connectivity index (χ4n) is 2.81. The van der Waals surface area contributed by atoms with E-state index in [1.54, 1.807) is 4.90 Å². The number of hydrogen-bond donors (Lipinski definition) is 2. The second kappa shape index (κ2) is 6.91. The zero-order valence-corrected chi connectivity index (χ0v) is 12.6. The third-order valence-electron chi connectivity index (χ3n) is 3.88. The summed E-state index contributed by atoms with van der Waals surface area (Å²) in [5.41, 5.74) is 1.62. The fraction of sp³-hybridized carbons (Fsp3) is 0.467. The Kier molecular flexibility index (Phi) is 5.20. The second-order valence-corrected chi connectivity index (χ2v) is 5.34. The first-order chi connectivity index (χ1) is 9.74. The quantitative estimate of drug-likeness (QED) is 0.897. The Bertz CT molecular complexity index is 529. The molecule has 0 unspecified atom stereocenters. The summed E-state index contributed by atoms with van der Waals surface area (Å²) in [5, 5.41) is 6.10. The smallest absolute Gasteiger partial charge is 0.241 e. The Morgan fingerprint density at radius 1 is 1.33 bits per heavy atom. The van der Waals surface area contributed by atoms with Crippen LogP contribution in [0.3, 0.4) is 0 Å². The van der Waals surface area contributed by atoms with Gasteiger partial charge < -0.3 is 15.5 Å². The van der Waals surface area contributed by atoms with E-state index in [-0.39, 0.29) is 30.3 Å². The zero-order chi connectivity index (χ0) is 13.9. The van der Waals surface area contributed by atoms with Crippen molar-refractivity contribution in [2.24, 2.45) is 0 Å². The average molecular weight is 310 g/mol. The van der Waals surface area contributed by atoms with Crippen LogP contribution in [0.2, 0.25) is 0 Å². The summed E-state index contributed by atoms with van der Waals surface area (Å²) in [6, 6.07) is 7.42. The summed E-state index contributed by atoms with van der Waals surface area (Å²) in [4.78, 5) is 25.6. The van der Waals surface area contributed by atoms with Crippen LogP contribution in [0.25, 0.3) is 0 Å². The molecule has 0 saturated carbocycles. The Labute approximate surface area is 130 Å². The van der Waals surface area contributed by atoms with Gasteiger partial charge in [0.2, 0.25) is 11.8 Å². The van der Waals surface area contributed by atoms with Gasteiger partial charge in [0.05, 0.1) is 6.04 Å². The normalized spacial score (nSPS) is 21.2. The fourth-order valence-corrected chi connectivity index (χ4v) is 2.81. The Morgan fingerprint density at radius 3 is 2.86 bits per heavy atom. The molecule has 5 nitrogen and oxygen atoms in total. The topological polar surface area (TPSA) is 61.4 Å². The molecule has 21 heavy (non-hydrogen) atoms. The number of amides is 2. The number of carbonyl (C=O) groups is 2. The molecule has 2 amide bonds. The van der Waals surface area contributed by atoms with Gasteiger partial charge in [-0.15, -0.1) is 12.4 Å². The summed E-state index contributed by atoms with van der Waals surface area (Å²) in [5.74, 6) is 0.165. The molecular weight excluding hydrogens is 290 g/mol. The van der Waals surface area contributed by atoms with Crippen molar-refractivity contribution in [3.63, 3.8) is 0 Å². The maximum Gasteiger partial charge on any atom is 0.241 e. The molecule has 0 radical (unpaired) electrons. The van der Waals surface area contributed by atoms with E-state index in [9.17, 15) is 9.59 Å². The van der Waals surface area contributed by atoms with Crippen LogP contribution >= 0.6 is 12.4 Å². The number of rotatable bonds is 3. The summed E-state index contributed by atoms with van der Waals surface area (Å²) < 4.78 is 0. The highest BCUT2D eigenvalue weighted by atomic mass is 35.5. The molecule has 2 aliphatic rings. The number of anilines is 2. The maximum atomic E-state index is 12.1. The SMILES string of the molecule is Cl.O=C(Nc1cccc(N2CCCC2=O)c1)[C@@H]1CCCN1. The molecule has 2 fully saturated rings. The first kappa shape index (κ1) is 15.8. The van der Waals surface area contributed by atoms with Gasteiger partial charge in [-0.1, -0.05) is 6.07 Å². The van der Waals surface area contributed by atoms with Gasteiger partial charge in [0, 0.05) is 24.3 Å². The summed E-state index contributed by atoms with van der Waals surface area (Å²) in [6.45, 7) is 1.67. The van der Waals surface area contributed by atoms with E-state index in [0.717, 1.165) is 43.7 Å². The van der Waals surface area contributed by atoms with Crippen molar-refractivity contribution in [2.75, 3.05) is 23.3 Å². The number of carbonyl (C=O) groups excluding carboxylic acids is 2. The molecule has 0 aliphatic carbocycles. The van der Waals surface area contributed by atoms with Gasteiger partial charge in [-0.25, -0.2) is 0 Å².